The van der Waals surface area contributed by atoms with Gasteiger partial charge in [0.05, 0.1) is 31.7 Å². The fourth-order valence-electron chi connectivity index (χ4n) is 2.87. The Hall–Kier alpha value is -2.87. The molecule has 0 fully saturated rings. The average Bonchev–Trinajstić information content (AvgIpc) is 3.09. The summed E-state index contributed by atoms with van der Waals surface area (Å²) < 4.78 is 6.73. The van der Waals surface area contributed by atoms with Gasteiger partial charge in [0.25, 0.3) is 5.91 Å². The molecule has 0 saturated heterocycles. The van der Waals surface area contributed by atoms with Gasteiger partial charge in [0.15, 0.2) is 0 Å². The number of phenols is 1. The first kappa shape index (κ1) is 17.0. The van der Waals surface area contributed by atoms with Crippen LogP contribution in [0.3, 0.4) is 0 Å². The second-order valence-electron chi connectivity index (χ2n) is 5.83. The van der Waals surface area contributed by atoms with Crippen molar-refractivity contribution in [3.8, 4) is 5.75 Å². The number of amides is 2. The van der Waals surface area contributed by atoms with Crippen LogP contribution in [0.25, 0.3) is 0 Å². The third-order valence-corrected chi connectivity index (χ3v) is 4.12. The van der Waals surface area contributed by atoms with Crippen molar-refractivity contribution in [3.05, 3.63) is 48.0 Å². The zero-order valence-electron chi connectivity index (χ0n) is 13.9. The van der Waals surface area contributed by atoms with Gasteiger partial charge in [0.2, 0.25) is 5.91 Å². The highest BCUT2D eigenvalue weighted by atomic mass is 16.5. The highest BCUT2D eigenvalue weighted by Gasteiger charge is 2.32. The van der Waals surface area contributed by atoms with E-state index in [4.69, 9.17) is 4.74 Å². The molecule has 2 heterocycles. The molecule has 2 aromatic rings. The molecular weight excluding hydrogens is 324 g/mol. The van der Waals surface area contributed by atoms with Crippen LogP contribution in [0.1, 0.15) is 22.1 Å². The van der Waals surface area contributed by atoms with Crippen molar-refractivity contribution in [1.82, 2.24) is 19.8 Å². The second kappa shape index (κ2) is 7.35. The molecule has 1 aromatic heterocycles. The van der Waals surface area contributed by atoms with Gasteiger partial charge in [-0.25, -0.2) is 4.98 Å². The number of benzene rings is 1. The van der Waals surface area contributed by atoms with Crippen LogP contribution in [-0.4, -0.2) is 58.2 Å². The number of methoxy groups -OCH3 is 1. The van der Waals surface area contributed by atoms with E-state index in [9.17, 15) is 14.7 Å². The monoisotopic (exact) mass is 344 g/mol. The van der Waals surface area contributed by atoms with E-state index in [0.717, 1.165) is 5.69 Å². The first-order valence-corrected chi connectivity index (χ1v) is 7.96. The van der Waals surface area contributed by atoms with E-state index in [1.54, 1.807) is 41.2 Å². The summed E-state index contributed by atoms with van der Waals surface area (Å²) in [5.41, 5.74) is 1.16. The summed E-state index contributed by atoms with van der Waals surface area (Å²) in [7, 11) is 1.57. The summed E-state index contributed by atoms with van der Waals surface area (Å²) in [6.07, 6.45) is 3.25. The number of hydrogen-bond donors (Lipinski definition) is 2. The normalized spacial score (nSPS) is 16.4. The number of phenolic OH excluding ortho intramolecular Hbond substituents is 1. The summed E-state index contributed by atoms with van der Waals surface area (Å²) in [5, 5.41) is 12.4. The average molecular weight is 344 g/mol. The van der Waals surface area contributed by atoms with E-state index in [2.05, 4.69) is 10.3 Å². The van der Waals surface area contributed by atoms with Gasteiger partial charge in [-0.05, 0) is 18.2 Å². The fraction of sp³-hybridized carbons (Fsp3) is 0.353. The first-order chi connectivity index (χ1) is 12.1. The minimum Gasteiger partial charge on any atom is -0.508 e. The molecule has 25 heavy (non-hydrogen) atoms. The summed E-state index contributed by atoms with van der Waals surface area (Å²) in [5.74, 6) is -0.399. The summed E-state index contributed by atoms with van der Waals surface area (Å²) in [4.78, 5) is 30.9. The Kier molecular flexibility index (Phi) is 4.99. The molecule has 1 unspecified atom stereocenters. The molecule has 8 nitrogen and oxygen atoms in total. The Balaban J connectivity index is 1.79. The van der Waals surface area contributed by atoms with Gasteiger partial charge in [-0.15, -0.1) is 0 Å². The van der Waals surface area contributed by atoms with Crippen LogP contribution in [-0.2, 0) is 16.1 Å². The largest absolute Gasteiger partial charge is 0.508 e. The molecule has 1 aliphatic rings. The molecule has 1 aliphatic heterocycles. The second-order valence-corrected chi connectivity index (χ2v) is 5.83. The van der Waals surface area contributed by atoms with E-state index in [1.807, 2.05) is 0 Å². The quantitative estimate of drug-likeness (QED) is 0.772. The fourth-order valence-corrected chi connectivity index (χ4v) is 2.87. The van der Waals surface area contributed by atoms with Crippen molar-refractivity contribution in [1.29, 1.82) is 0 Å². The molecule has 1 atom stereocenters. The number of carbonyl (C=O) groups is 2. The third-order valence-electron chi connectivity index (χ3n) is 4.12. The van der Waals surface area contributed by atoms with Crippen molar-refractivity contribution in [3.63, 3.8) is 0 Å². The van der Waals surface area contributed by atoms with Crippen LogP contribution in [0.2, 0.25) is 0 Å². The van der Waals surface area contributed by atoms with Crippen molar-refractivity contribution < 1.29 is 19.4 Å². The molecule has 8 heteroatoms. The van der Waals surface area contributed by atoms with Crippen molar-refractivity contribution in [2.75, 3.05) is 26.8 Å². The van der Waals surface area contributed by atoms with E-state index in [0.29, 0.717) is 25.3 Å². The van der Waals surface area contributed by atoms with Gasteiger partial charge in [-0.1, -0.05) is 6.07 Å². The molecule has 0 aliphatic carbocycles. The molecule has 132 valence electrons. The summed E-state index contributed by atoms with van der Waals surface area (Å²) >= 11 is 0. The lowest BCUT2D eigenvalue weighted by molar-refractivity contribution is -0.125. The number of carbonyl (C=O) groups excluding carboxylic acids is 2. The number of nitrogens with zero attached hydrogens (tertiary/aromatic N) is 3. The van der Waals surface area contributed by atoms with Crippen LogP contribution >= 0.6 is 0 Å². The number of aromatic hydroxyl groups is 1. The van der Waals surface area contributed by atoms with Crippen molar-refractivity contribution in [2.24, 2.45) is 0 Å². The number of ether oxygens (including phenoxy) is 1. The molecule has 0 bridgehead atoms. The number of fused-ring (bicyclic) bond motifs is 1. The zero-order valence-corrected chi connectivity index (χ0v) is 13.9. The van der Waals surface area contributed by atoms with Gasteiger partial charge < -0.3 is 24.6 Å². The van der Waals surface area contributed by atoms with Crippen LogP contribution in [0.15, 0.2) is 36.8 Å². The van der Waals surface area contributed by atoms with Gasteiger partial charge in [-0.2, -0.15) is 0 Å². The van der Waals surface area contributed by atoms with Gasteiger partial charge in [-0.3, -0.25) is 9.59 Å². The maximum absolute atomic E-state index is 12.7. The van der Waals surface area contributed by atoms with Crippen molar-refractivity contribution >= 4 is 11.8 Å². The maximum atomic E-state index is 12.7. The number of imidazole rings is 1. The highest BCUT2D eigenvalue weighted by molar-refractivity contribution is 5.95. The van der Waals surface area contributed by atoms with Crippen LogP contribution in [0, 0.1) is 0 Å². The summed E-state index contributed by atoms with van der Waals surface area (Å²) in [6.45, 7) is 1.41. The minimum atomic E-state index is -0.552. The lowest BCUT2D eigenvalue weighted by atomic mass is 10.1. The standard InChI is InChI=1S/C17H20N4O4/c1-25-6-5-19-16(23)15-10-20(9-13-8-18-11-21(13)15)17(24)12-3-2-4-14(22)7-12/h2-4,7-8,11,15,22H,5-6,9-10H2,1H3,(H,19,23). The van der Waals surface area contributed by atoms with E-state index in [-0.39, 0.29) is 24.1 Å². The third kappa shape index (κ3) is 3.63. The van der Waals surface area contributed by atoms with E-state index < -0.39 is 6.04 Å². The minimum absolute atomic E-state index is 0.0294. The first-order valence-electron chi connectivity index (χ1n) is 7.96. The molecule has 2 amide bonds. The molecular formula is C17H20N4O4. The van der Waals surface area contributed by atoms with Crippen molar-refractivity contribution in [2.45, 2.75) is 12.6 Å². The van der Waals surface area contributed by atoms with Crippen LogP contribution in [0.4, 0.5) is 0 Å². The van der Waals surface area contributed by atoms with E-state index >= 15 is 0 Å². The number of nitrogens with one attached hydrogen (secondary N) is 1. The Morgan fingerprint density at radius 3 is 3.04 bits per heavy atom. The predicted octanol–water partition coefficient (Wildman–Crippen LogP) is 0.548. The predicted molar refractivity (Wildman–Crippen MR) is 89.0 cm³/mol. The van der Waals surface area contributed by atoms with Crippen LogP contribution < -0.4 is 5.32 Å². The summed E-state index contributed by atoms with van der Waals surface area (Å²) in [6, 6.07) is 5.63. The Morgan fingerprint density at radius 2 is 2.28 bits per heavy atom. The topological polar surface area (TPSA) is 96.7 Å². The Bertz CT molecular complexity index is 774. The number of aromatic nitrogens is 2. The molecule has 3 rings (SSSR count). The molecule has 0 radical (unpaired) electrons. The molecule has 0 saturated carbocycles. The Morgan fingerprint density at radius 1 is 1.44 bits per heavy atom. The van der Waals surface area contributed by atoms with Gasteiger partial charge in [0, 0.05) is 25.4 Å². The Labute approximate surface area is 145 Å². The number of hydrogen-bond acceptors (Lipinski definition) is 5. The lowest BCUT2D eigenvalue weighted by Gasteiger charge is -2.33. The van der Waals surface area contributed by atoms with E-state index in [1.165, 1.54) is 12.1 Å². The molecule has 0 spiro atoms. The zero-order chi connectivity index (χ0) is 17.8. The highest BCUT2D eigenvalue weighted by Crippen LogP contribution is 2.23. The number of rotatable bonds is 5. The van der Waals surface area contributed by atoms with Gasteiger partial charge in [0.1, 0.15) is 11.8 Å². The molecule has 1 aromatic carbocycles. The van der Waals surface area contributed by atoms with Crippen LogP contribution in [0.5, 0.6) is 5.75 Å². The van der Waals surface area contributed by atoms with Gasteiger partial charge >= 0.3 is 0 Å². The molecule has 2 N–H and O–H groups in total. The lowest BCUT2D eigenvalue weighted by Crippen LogP contribution is -2.47. The SMILES string of the molecule is COCCNC(=O)C1CN(C(=O)c2cccc(O)c2)Cc2cncn21. The smallest absolute Gasteiger partial charge is 0.254 e. The maximum Gasteiger partial charge on any atom is 0.254 e.